The Hall–Kier alpha value is -0.740. The summed E-state index contributed by atoms with van der Waals surface area (Å²) in [5.41, 5.74) is 4.56. The molecule has 1 aliphatic carbocycles. The van der Waals surface area contributed by atoms with Crippen LogP contribution in [0.15, 0.2) is 29.5 Å². The molecule has 0 amide bonds. The van der Waals surface area contributed by atoms with E-state index in [1.165, 1.54) is 31.3 Å². The third kappa shape index (κ3) is 2.24. The van der Waals surface area contributed by atoms with Crippen molar-refractivity contribution in [3.8, 4) is 0 Å². The van der Waals surface area contributed by atoms with Crippen LogP contribution >= 0.6 is 0 Å². The molecule has 0 nitrogen and oxygen atoms in total. The first kappa shape index (κ1) is 7.37. The van der Waals surface area contributed by atoms with E-state index in [-0.39, 0.29) is 0 Å². The van der Waals surface area contributed by atoms with E-state index >= 15 is 0 Å². The Kier molecular flexibility index (Phi) is 3.05. The second-order valence-electron chi connectivity index (χ2n) is 2.62. The summed E-state index contributed by atoms with van der Waals surface area (Å²) < 4.78 is 0. The zero-order chi connectivity index (χ0) is 7.23. The lowest BCUT2D eigenvalue weighted by Gasteiger charge is -2.06. The summed E-state index contributed by atoms with van der Waals surface area (Å²) in [4.78, 5) is 0. The number of allylic oxidation sites excluding steroid dienone is 3. The molecule has 0 fully saturated rings. The molecular formula is C10H14. The van der Waals surface area contributed by atoms with Crippen LogP contribution in [-0.2, 0) is 0 Å². The molecule has 0 N–H and O–H groups in total. The molecule has 0 saturated carbocycles. The van der Waals surface area contributed by atoms with Gasteiger partial charge in [-0.25, -0.2) is 0 Å². The van der Waals surface area contributed by atoms with Gasteiger partial charge in [0.25, 0.3) is 0 Å². The maximum Gasteiger partial charge on any atom is -0.0174 e. The average molecular weight is 134 g/mol. The second-order valence-corrected chi connectivity index (χ2v) is 2.62. The highest BCUT2D eigenvalue weighted by atomic mass is 14.0. The van der Waals surface area contributed by atoms with Crippen LogP contribution in [0.4, 0.5) is 0 Å². The van der Waals surface area contributed by atoms with Crippen LogP contribution in [0.2, 0.25) is 0 Å². The van der Waals surface area contributed by atoms with Gasteiger partial charge in [-0.1, -0.05) is 6.08 Å². The Balaban J connectivity index is 2.54. The molecule has 0 atom stereocenters. The van der Waals surface area contributed by atoms with Crippen molar-refractivity contribution in [3.63, 3.8) is 0 Å². The summed E-state index contributed by atoms with van der Waals surface area (Å²) in [7, 11) is 0. The van der Waals surface area contributed by atoms with Gasteiger partial charge in [-0.3, -0.25) is 0 Å². The summed E-state index contributed by atoms with van der Waals surface area (Å²) in [6.45, 7) is 2.00. The van der Waals surface area contributed by atoms with Crippen molar-refractivity contribution in [2.75, 3.05) is 0 Å². The zero-order valence-corrected chi connectivity index (χ0v) is 6.56. The minimum absolute atomic E-state index is 1.25. The third-order valence-corrected chi connectivity index (χ3v) is 1.76. The molecule has 1 rings (SSSR count). The van der Waals surface area contributed by atoms with E-state index in [4.69, 9.17) is 0 Å². The topological polar surface area (TPSA) is 0 Å². The van der Waals surface area contributed by atoms with Crippen molar-refractivity contribution in [2.45, 2.75) is 32.6 Å². The summed E-state index contributed by atoms with van der Waals surface area (Å²) in [6, 6.07) is 0. The highest BCUT2D eigenvalue weighted by Crippen LogP contribution is 2.17. The van der Waals surface area contributed by atoms with Crippen molar-refractivity contribution >= 4 is 0 Å². The largest absolute Gasteiger partial charge is 0.125 e. The van der Waals surface area contributed by atoms with Gasteiger partial charge in [-0.15, -0.1) is 5.73 Å². The number of rotatable bonds is 1. The lowest BCUT2D eigenvalue weighted by atomic mass is 10.00. The predicted octanol–water partition coefficient (Wildman–Crippen LogP) is 3.22. The monoisotopic (exact) mass is 134 g/mol. The van der Waals surface area contributed by atoms with Crippen molar-refractivity contribution in [1.29, 1.82) is 0 Å². The van der Waals surface area contributed by atoms with Crippen molar-refractivity contribution in [3.05, 3.63) is 29.5 Å². The molecule has 0 aromatic rings. The molecule has 0 unspecified atom stereocenters. The summed E-state index contributed by atoms with van der Waals surface area (Å²) in [5, 5.41) is 0. The van der Waals surface area contributed by atoms with Crippen LogP contribution in [0.5, 0.6) is 0 Å². The zero-order valence-electron chi connectivity index (χ0n) is 6.56. The second kappa shape index (κ2) is 4.14. The summed E-state index contributed by atoms with van der Waals surface area (Å²) in [6.07, 6.45) is 11.6. The van der Waals surface area contributed by atoms with E-state index in [1.54, 1.807) is 0 Å². The fourth-order valence-electron chi connectivity index (χ4n) is 1.18. The predicted molar refractivity (Wildman–Crippen MR) is 44.9 cm³/mol. The van der Waals surface area contributed by atoms with Crippen LogP contribution in [0, 0.1) is 0 Å². The summed E-state index contributed by atoms with van der Waals surface area (Å²) in [5.74, 6) is 0. The van der Waals surface area contributed by atoms with Crippen molar-refractivity contribution in [1.82, 2.24) is 0 Å². The van der Waals surface area contributed by atoms with Gasteiger partial charge in [0.1, 0.15) is 0 Å². The van der Waals surface area contributed by atoms with E-state index in [9.17, 15) is 0 Å². The molecule has 0 aromatic heterocycles. The average Bonchev–Trinajstić information content (AvgIpc) is 2.03. The standard InChI is InChI=1S/C10H14/c1-2-3-7-10-8-5-4-6-9-10/h2,7-8H,4-6,9H2,1H3. The lowest BCUT2D eigenvalue weighted by molar-refractivity contribution is 0.712. The maximum atomic E-state index is 3.10. The SMILES string of the molecule is CC=C=CC1=CCCCC1. The molecule has 0 heterocycles. The van der Waals surface area contributed by atoms with Crippen LogP contribution in [0.25, 0.3) is 0 Å². The minimum Gasteiger partial charge on any atom is -0.125 e. The lowest BCUT2D eigenvalue weighted by Crippen LogP contribution is -1.87. The van der Waals surface area contributed by atoms with Crippen molar-refractivity contribution in [2.24, 2.45) is 0 Å². The van der Waals surface area contributed by atoms with Gasteiger partial charge in [0.05, 0.1) is 0 Å². The van der Waals surface area contributed by atoms with Gasteiger partial charge in [0.2, 0.25) is 0 Å². The third-order valence-electron chi connectivity index (χ3n) is 1.76. The highest BCUT2D eigenvalue weighted by Gasteiger charge is 1.98. The molecule has 54 valence electrons. The van der Waals surface area contributed by atoms with Gasteiger partial charge < -0.3 is 0 Å². The molecule has 0 bridgehead atoms. The first-order chi connectivity index (χ1) is 4.93. The fourth-order valence-corrected chi connectivity index (χ4v) is 1.18. The quantitative estimate of drug-likeness (QED) is 0.483. The normalized spacial score (nSPS) is 17.1. The van der Waals surface area contributed by atoms with Gasteiger partial charge in [0, 0.05) is 0 Å². The first-order valence-corrected chi connectivity index (χ1v) is 3.99. The Morgan fingerprint density at radius 1 is 1.50 bits per heavy atom. The molecular weight excluding hydrogens is 120 g/mol. The van der Waals surface area contributed by atoms with E-state index in [0.717, 1.165) is 0 Å². The Morgan fingerprint density at radius 2 is 2.40 bits per heavy atom. The van der Waals surface area contributed by atoms with Crippen LogP contribution in [0.1, 0.15) is 32.6 Å². The summed E-state index contributed by atoms with van der Waals surface area (Å²) >= 11 is 0. The van der Waals surface area contributed by atoms with E-state index in [2.05, 4.69) is 17.9 Å². The van der Waals surface area contributed by atoms with Crippen LogP contribution in [-0.4, -0.2) is 0 Å². The molecule has 0 radical (unpaired) electrons. The Labute approximate surface area is 62.9 Å². The van der Waals surface area contributed by atoms with Gasteiger partial charge in [-0.2, -0.15) is 0 Å². The van der Waals surface area contributed by atoms with Crippen LogP contribution in [0.3, 0.4) is 0 Å². The highest BCUT2D eigenvalue weighted by molar-refractivity contribution is 5.19. The molecule has 1 aliphatic rings. The van der Waals surface area contributed by atoms with Gasteiger partial charge in [-0.05, 0) is 50.3 Å². The smallest absolute Gasteiger partial charge is 0.0174 e. The van der Waals surface area contributed by atoms with Crippen LogP contribution < -0.4 is 0 Å². The molecule has 0 aromatic carbocycles. The molecule has 0 aliphatic heterocycles. The molecule has 0 heteroatoms. The first-order valence-electron chi connectivity index (χ1n) is 3.99. The van der Waals surface area contributed by atoms with E-state index in [1.807, 2.05) is 13.0 Å². The van der Waals surface area contributed by atoms with Crippen molar-refractivity contribution < 1.29 is 0 Å². The Morgan fingerprint density at radius 3 is 3.00 bits per heavy atom. The van der Waals surface area contributed by atoms with Gasteiger partial charge >= 0.3 is 0 Å². The fraction of sp³-hybridized carbons (Fsp3) is 0.500. The number of hydrogen-bond donors (Lipinski definition) is 0. The molecule has 0 saturated heterocycles. The minimum atomic E-state index is 1.25. The number of hydrogen-bond acceptors (Lipinski definition) is 0. The van der Waals surface area contributed by atoms with E-state index in [0.29, 0.717) is 0 Å². The molecule has 0 spiro atoms. The van der Waals surface area contributed by atoms with Gasteiger partial charge in [0.15, 0.2) is 0 Å². The van der Waals surface area contributed by atoms with E-state index < -0.39 is 0 Å². The molecule has 10 heavy (non-hydrogen) atoms. The Bertz CT molecular complexity index is 178. The maximum absolute atomic E-state index is 3.10.